The van der Waals surface area contributed by atoms with Crippen LogP contribution in [0.15, 0.2) is 12.4 Å². The Morgan fingerprint density at radius 1 is 1.35 bits per heavy atom. The van der Waals surface area contributed by atoms with Gasteiger partial charge in [0.1, 0.15) is 0 Å². The Bertz CT molecular complexity index is 300. The lowest BCUT2D eigenvalue weighted by Crippen LogP contribution is -2.17. The van der Waals surface area contributed by atoms with E-state index in [2.05, 4.69) is 15.6 Å². The Labute approximate surface area is 101 Å². The van der Waals surface area contributed by atoms with Gasteiger partial charge in [0.25, 0.3) is 0 Å². The van der Waals surface area contributed by atoms with Crippen LogP contribution in [-0.4, -0.2) is 41.2 Å². The molecule has 1 heterocycles. The number of carbonyl (C=O) groups is 1. The van der Waals surface area contributed by atoms with Crippen molar-refractivity contribution in [2.75, 3.05) is 20.3 Å². The highest BCUT2D eigenvalue weighted by Gasteiger charge is 1.97. The Morgan fingerprint density at radius 3 is 2.88 bits per heavy atom. The second-order valence-electron chi connectivity index (χ2n) is 3.76. The first-order chi connectivity index (χ1) is 8.33. The molecule has 1 rings (SSSR count). The average Bonchev–Trinajstić information content (AvgIpc) is 2.85. The molecule has 0 aliphatic carbocycles. The van der Waals surface area contributed by atoms with E-state index in [4.69, 9.17) is 4.74 Å². The third kappa shape index (κ3) is 6.68. The van der Waals surface area contributed by atoms with Gasteiger partial charge in [0.15, 0.2) is 0 Å². The van der Waals surface area contributed by atoms with E-state index in [9.17, 15) is 4.79 Å². The minimum Gasteiger partial charge on any atom is -0.381 e. The predicted molar refractivity (Wildman–Crippen MR) is 63.4 cm³/mol. The first kappa shape index (κ1) is 13.6. The van der Waals surface area contributed by atoms with E-state index < -0.39 is 0 Å². The molecule has 0 bridgehead atoms. The van der Waals surface area contributed by atoms with Gasteiger partial charge in [-0.3, -0.25) is 9.48 Å². The fourth-order valence-corrected chi connectivity index (χ4v) is 1.40. The standard InChI is InChI=1S/C11H20N4O2/c1-12-11(16)5-2-3-9-17-10-4-7-15-8-6-13-14-15/h6,8H,2-5,7,9-10H2,1H3,(H,12,16). The van der Waals surface area contributed by atoms with Crippen molar-refractivity contribution >= 4 is 5.91 Å². The van der Waals surface area contributed by atoms with Crippen molar-refractivity contribution < 1.29 is 9.53 Å². The lowest BCUT2D eigenvalue weighted by molar-refractivity contribution is -0.120. The van der Waals surface area contributed by atoms with E-state index in [1.165, 1.54) is 0 Å². The van der Waals surface area contributed by atoms with E-state index in [0.29, 0.717) is 13.0 Å². The molecule has 0 saturated heterocycles. The van der Waals surface area contributed by atoms with Crippen molar-refractivity contribution in [1.82, 2.24) is 20.3 Å². The molecule has 17 heavy (non-hydrogen) atoms. The second kappa shape index (κ2) is 8.69. The van der Waals surface area contributed by atoms with Gasteiger partial charge in [-0.2, -0.15) is 0 Å². The van der Waals surface area contributed by atoms with Crippen molar-refractivity contribution in [2.45, 2.75) is 32.2 Å². The van der Waals surface area contributed by atoms with Crippen LogP contribution in [0.4, 0.5) is 0 Å². The first-order valence-corrected chi connectivity index (χ1v) is 5.95. The molecule has 0 aliphatic rings. The second-order valence-corrected chi connectivity index (χ2v) is 3.76. The lowest BCUT2D eigenvalue weighted by atomic mass is 10.2. The zero-order chi connectivity index (χ0) is 12.3. The van der Waals surface area contributed by atoms with Crippen molar-refractivity contribution in [3.63, 3.8) is 0 Å². The summed E-state index contributed by atoms with van der Waals surface area (Å²) >= 11 is 0. The van der Waals surface area contributed by atoms with E-state index in [1.807, 2.05) is 6.20 Å². The highest BCUT2D eigenvalue weighted by molar-refractivity contribution is 5.75. The molecule has 0 spiro atoms. The molecule has 0 atom stereocenters. The highest BCUT2D eigenvalue weighted by Crippen LogP contribution is 1.97. The maximum atomic E-state index is 10.9. The average molecular weight is 240 g/mol. The maximum Gasteiger partial charge on any atom is 0.219 e. The number of hydrogen-bond donors (Lipinski definition) is 1. The molecule has 0 radical (unpaired) electrons. The SMILES string of the molecule is CNC(=O)CCCCOCCCn1ccnn1. The number of nitrogens with zero attached hydrogens (tertiary/aromatic N) is 3. The molecule has 0 aliphatic heterocycles. The molecular formula is C11H20N4O2. The summed E-state index contributed by atoms with van der Waals surface area (Å²) in [6.45, 7) is 2.27. The minimum atomic E-state index is 0.0937. The molecule has 1 aromatic rings. The largest absolute Gasteiger partial charge is 0.381 e. The molecule has 1 amide bonds. The number of nitrogens with one attached hydrogen (secondary N) is 1. The van der Waals surface area contributed by atoms with Gasteiger partial charge < -0.3 is 10.1 Å². The molecule has 6 nitrogen and oxygen atoms in total. The quantitative estimate of drug-likeness (QED) is 0.642. The summed E-state index contributed by atoms with van der Waals surface area (Å²) in [5.74, 6) is 0.0937. The molecule has 1 N–H and O–H groups in total. The summed E-state index contributed by atoms with van der Waals surface area (Å²) in [6.07, 6.45) is 6.82. The van der Waals surface area contributed by atoms with Gasteiger partial charge in [-0.15, -0.1) is 5.10 Å². The normalized spacial score (nSPS) is 10.4. The smallest absolute Gasteiger partial charge is 0.219 e. The van der Waals surface area contributed by atoms with Crippen molar-refractivity contribution in [3.05, 3.63) is 12.4 Å². The fraction of sp³-hybridized carbons (Fsp3) is 0.727. The number of ether oxygens (including phenoxy) is 1. The predicted octanol–water partition coefficient (Wildman–Crippen LogP) is 0.601. The van der Waals surface area contributed by atoms with Crippen LogP contribution in [0.3, 0.4) is 0 Å². The van der Waals surface area contributed by atoms with E-state index in [0.717, 1.165) is 32.4 Å². The van der Waals surface area contributed by atoms with Crippen LogP contribution in [0.1, 0.15) is 25.7 Å². The Kier molecular flexibility index (Phi) is 6.97. The van der Waals surface area contributed by atoms with E-state index in [-0.39, 0.29) is 5.91 Å². The number of amides is 1. The number of unbranched alkanes of at least 4 members (excludes halogenated alkanes) is 1. The molecule has 0 aromatic carbocycles. The summed E-state index contributed by atoms with van der Waals surface area (Å²) in [7, 11) is 1.66. The Balaban J connectivity index is 1.83. The van der Waals surface area contributed by atoms with Gasteiger partial charge >= 0.3 is 0 Å². The van der Waals surface area contributed by atoms with Crippen LogP contribution in [0.2, 0.25) is 0 Å². The Hall–Kier alpha value is -1.43. The molecule has 1 aromatic heterocycles. The molecule has 0 unspecified atom stereocenters. The van der Waals surface area contributed by atoms with Gasteiger partial charge in [-0.05, 0) is 19.3 Å². The van der Waals surface area contributed by atoms with Gasteiger partial charge in [-0.1, -0.05) is 5.21 Å². The van der Waals surface area contributed by atoms with Gasteiger partial charge in [0, 0.05) is 39.4 Å². The minimum absolute atomic E-state index is 0.0937. The van der Waals surface area contributed by atoms with Crippen LogP contribution in [0.25, 0.3) is 0 Å². The van der Waals surface area contributed by atoms with E-state index >= 15 is 0 Å². The van der Waals surface area contributed by atoms with Gasteiger partial charge in [0.05, 0.1) is 6.20 Å². The summed E-state index contributed by atoms with van der Waals surface area (Å²) in [5, 5.41) is 10.2. The zero-order valence-corrected chi connectivity index (χ0v) is 10.3. The van der Waals surface area contributed by atoms with E-state index in [1.54, 1.807) is 17.9 Å². The number of carbonyl (C=O) groups excluding carboxylic acids is 1. The number of hydrogen-bond acceptors (Lipinski definition) is 4. The van der Waals surface area contributed by atoms with Crippen LogP contribution in [-0.2, 0) is 16.1 Å². The molecule has 0 fully saturated rings. The number of aryl methyl sites for hydroxylation is 1. The molecular weight excluding hydrogens is 220 g/mol. The van der Waals surface area contributed by atoms with Gasteiger partial charge in [0.2, 0.25) is 5.91 Å². The van der Waals surface area contributed by atoms with Crippen LogP contribution < -0.4 is 5.32 Å². The topological polar surface area (TPSA) is 69.0 Å². The van der Waals surface area contributed by atoms with Crippen molar-refractivity contribution in [1.29, 1.82) is 0 Å². The lowest BCUT2D eigenvalue weighted by Gasteiger charge is -2.04. The number of rotatable bonds is 9. The Morgan fingerprint density at radius 2 is 2.18 bits per heavy atom. The molecule has 0 saturated carbocycles. The highest BCUT2D eigenvalue weighted by atomic mass is 16.5. The monoisotopic (exact) mass is 240 g/mol. The van der Waals surface area contributed by atoms with Crippen molar-refractivity contribution in [3.8, 4) is 0 Å². The third-order valence-electron chi connectivity index (χ3n) is 2.37. The van der Waals surface area contributed by atoms with Crippen LogP contribution in [0.5, 0.6) is 0 Å². The summed E-state index contributed by atoms with van der Waals surface area (Å²) in [5.41, 5.74) is 0. The summed E-state index contributed by atoms with van der Waals surface area (Å²) in [6, 6.07) is 0. The summed E-state index contributed by atoms with van der Waals surface area (Å²) in [4.78, 5) is 10.9. The van der Waals surface area contributed by atoms with Gasteiger partial charge in [-0.25, -0.2) is 0 Å². The zero-order valence-electron chi connectivity index (χ0n) is 10.3. The summed E-state index contributed by atoms with van der Waals surface area (Å²) < 4.78 is 7.24. The van der Waals surface area contributed by atoms with Crippen LogP contribution >= 0.6 is 0 Å². The molecule has 6 heteroatoms. The maximum absolute atomic E-state index is 10.9. The molecule has 96 valence electrons. The van der Waals surface area contributed by atoms with Crippen molar-refractivity contribution in [2.24, 2.45) is 0 Å². The third-order valence-corrected chi connectivity index (χ3v) is 2.37. The first-order valence-electron chi connectivity index (χ1n) is 5.95. The number of aromatic nitrogens is 3. The fourth-order valence-electron chi connectivity index (χ4n) is 1.40. The van der Waals surface area contributed by atoms with Crippen LogP contribution in [0, 0.1) is 0 Å².